The summed E-state index contributed by atoms with van der Waals surface area (Å²) in [5.74, 6) is -1.62. The second-order valence-corrected chi connectivity index (χ2v) is 2.80. The topological polar surface area (TPSA) is 79.5 Å². The summed E-state index contributed by atoms with van der Waals surface area (Å²) in [6, 6.07) is 0. The molecule has 6 nitrogen and oxygen atoms in total. The van der Waals surface area contributed by atoms with E-state index in [-0.39, 0.29) is 17.7 Å². The molecule has 0 bridgehead atoms. The van der Waals surface area contributed by atoms with Crippen LogP contribution in [0, 0.1) is 0 Å². The van der Waals surface area contributed by atoms with Crippen LogP contribution in [0.3, 0.4) is 0 Å². The summed E-state index contributed by atoms with van der Waals surface area (Å²) in [5.41, 5.74) is 5.28. The minimum Gasteiger partial charge on any atom is -0.478 e. The van der Waals surface area contributed by atoms with Crippen LogP contribution in [0.25, 0.3) is 0 Å². The van der Waals surface area contributed by atoms with Crippen LogP contribution in [0.2, 0.25) is 0 Å². The van der Waals surface area contributed by atoms with Crippen molar-refractivity contribution in [2.45, 2.75) is 6.11 Å². The molecule has 0 atom stereocenters. The molecule has 0 radical (unpaired) electrons. The predicted molar refractivity (Wildman–Crippen MR) is 51.1 cm³/mol. The van der Waals surface area contributed by atoms with E-state index in [2.05, 4.69) is 24.2 Å². The minimum absolute atomic E-state index is 0.255. The molecule has 1 heterocycles. The maximum absolute atomic E-state index is 12.8. The van der Waals surface area contributed by atoms with E-state index in [4.69, 9.17) is 5.73 Å². The number of nitrogens with two attached hydrogens (primary N) is 1. The zero-order valence-corrected chi connectivity index (χ0v) is 9.04. The SMILES string of the molecule is COc1nc(N)nc(OC)c1OC(F)(F)CF. The molecule has 17 heavy (non-hydrogen) atoms. The highest BCUT2D eigenvalue weighted by atomic mass is 19.3. The summed E-state index contributed by atoms with van der Waals surface area (Å²) in [6.07, 6.45) is -4.03. The largest absolute Gasteiger partial charge is 0.478 e. The number of hydrogen-bond donors (Lipinski definition) is 1. The van der Waals surface area contributed by atoms with Crippen LogP contribution in [0.15, 0.2) is 0 Å². The van der Waals surface area contributed by atoms with Gasteiger partial charge in [-0.15, -0.1) is 0 Å². The number of alkyl halides is 3. The number of hydrogen-bond acceptors (Lipinski definition) is 6. The third-order valence-corrected chi connectivity index (χ3v) is 1.61. The van der Waals surface area contributed by atoms with Crippen molar-refractivity contribution in [2.75, 3.05) is 26.6 Å². The van der Waals surface area contributed by atoms with Gasteiger partial charge in [-0.25, -0.2) is 4.39 Å². The minimum atomic E-state index is -4.03. The van der Waals surface area contributed by atoms with Gasteiger partial charge in [0.05, 0.1) is 14.2 Å². The fourth-order valence-electron chi connectivity index (χ4n) is 0.967. The van der Waals surface area contributed by atoms with E-state index in [9.17, 15) is 13.2 Å². The molecule has 0 aliphatic carbocycles. The van der Waals surface area contributed by atoms with Gasteiger partial charge in [0.1, 0.15) is 0 Å². The lowest BCUT2D eigenvalue weighted by Gasteiger charge is -2.17. The van der Waals surface area contributed by atoms with E-state index in [1.54, 1.807) is 0 Å². The molecular weight excluding hydrogens is 243 g/mol. The first-order valence-corrected chi connectivity index (χ1v) is 4.31. The summed E-state index contributed by atoms with van der Waals surface area (Å²) in [4.78, 5) is 7.00. The number of nitrogen functional groups attached to an aromatic ring is 1. The van der Waals surface area contributed by atoms with E-state index >= 15 is 0 Å². The Morgan fingerprint density at radius 2 is 1.65 bits per heavy atom. The lowest BCUT2D eigenvalue weighted by Crippen LogP contribution is -2.27. The van der Waals surface area contributed by atoms with Crippen LogP contribution in [-0.2, 0) is 0 Å². The van der Waals surface area contributed by atoms with Crippen molar-refractivity contribution in [3.63, 3.8) is 0 Å². The number of nitrogens with zero attached hydrogens (tertiary/aromatic N) is 2. The van der Waals surface area contributed by atoms with Crippen LogP contribution in [0.1, 0.15) is 0 Å². The number of halogens is 3. The van der Waals surface area contributed by atoms with Gasteiger partial charge in [0.2, 0.25) is 11.7 Å². The van der Waals surface area contributed by atoms with Gasteiger partial charge in [0, 0.05) is 0 Å². The van der Waals surface area contributed by atoms with Gasteiger partial charge in [-0.1, -0.05) is 0 Å². The van der Waals surface area contributed by atoms with Crippen molar-refractivity contribution in [2.24, 2.45) is 0 Å². The molecule has 0 fully saturated rings. The average molecular weight is 253 g/mol. The number of ether oxygens (including phenoxy) is 3. The number of rotatable bonds is 5. The Morgan fingerprint density at radius 1 is 1.18 bits per heavy atom. The van der Waals surface area contributed by atoms with Crippen molar-refractivity contribution >= 4 is 5.95 Å². The number of anilines is 1. The van der Waals surface area contributed by atoms with Crippen LogP contribution < -0.4 is 19.9 Å². The highest BCUT2D eigenvalue weighted by molar-refractivity contribution is 5.46. The van der Waals surface area contributed by atoms with Crippen LogP contribution in [-0.4, -0.2) is 37.0 Å². The normalized spacial score (nSPS) is 11.1. The third-order valence-electron chi connectivity index (χ3n) is 1.61. The molecule has 0 spiro atoms. The monoisotopic (exact) mass is 253 g/mol. The lowest BCUT2D eigenvalue weighted by atomic mass is 10.5. The Kier molecular flexibility index (Phi) is 3.81. The summed E-state index contributed by atoms with van der Waals surface area (Å²) >= 11 is 0. The Bertz CT molecular complexity index is 378. The molecule has 9 heteroatoms. The highest BCUT2D eigenvalue weighted by Gasteiger charge is 2.35. The molecular formula is C8H10F3N3O3. The van der Waals surface area contributed by atoms with Crippen molar-refractivity contribution in [3.05, 3.63) is 0 Å². The van der Waals surface area contributed by atoms with Gasteiger partial charge < -0.3 is 19.9 Å². The Balaban J connectivity index is 3.20. The molecule has 0 unspecified atom stereocenters. The smallest absolute Gasteiger partial charge is 0.427 e. The highest BCUT2D eigenvalue weighted by Crippen LogP contribution is 2.37. The summed E-state index contributed by atoms with van der Waals surface area (Å²) < 4.78 is 51.0. The quantitative estimate of drug-likeness (QED) is 0.843. The lowest BCUT2D eigenvalue weighted by molar-refractivity contribution is -0.188. The fourth-order valence-corrected chi connectivity index (χ4v) is 0.967. The van der Waals surface area contributed by atoms with Crippen molar-refractivity contribution < 1.29 is 27.4 Å². The second kappa shape index (κ2) is 4.93. The van der Waals surface area contributed by atoms with Gasteiger partial charge in [-0.3, -0.25) is 0 Å². The van der Waals surface area contributed by atoms with Crippen LogP contribution in [0.5, 0.6) is 17.5 Å². The molecule has 1 aromatic heterocycles. The van der Waals surface area contributed by atoms with Crippen LogP contribution in [0.4, 0.5) is 19.1 Å². The standard InChI is InChI=1S/C8H10F3N3O3/c1-15-5-4(17-8(10,11)3-9)6(16-2)14-7(12)13-5/h3H2,1-2H3,(H2,12,13,14). The van der Waals surface area contributed by atoms with Crippen LogP contribution >= 0.6 is 0 Å². The van der Waals surface area contributed by atoms with Gasteiger partial charge in [0.15, 0.2) is 6.67 Å². The molecule has 0 aliphatic heterocycles. The predicted octanol–water partition coefficient (Wildman–Crippen LogP) is 1.02. The van der Waals surface area contributed by atoms with E-state index in [1.807, 2.05) is 0 Å². The summed E-state index contributed by atoms with van der Waals surface area (Å²) in [6.45, 7) is -2.01. The molecule has 0 aliphatic rings. The average Bonchev–Trinajstić information content (AvgIpc) is 2.30. The molecule has 2 N–H and O–H groups in total. The van der Waals surface area contributed by atoms with Gasteiger partial charge in [-0.05, 0) is 0 Å². The number of methoxy groups -OCH3 is 2. The van der Waals surface area contributed by atoms with Gasteiger partial charge in [-0.2, -0.15) is 18.7 Å². The molecule has 0 amide bonds. The Morgan fingerprint density at radius 3 is 2.00 bits per heavy atom. The van der Waals surface area contributed by atoms with Crippen molar-refractivity contribution in [3.8, 4) is 17.5 Å². The molecule has 1 rings (SSSR count). The molecule has 1 aromatic rings. The van der Waals surface area contributed by atoms with Crippen molar-refractivity contribution in [1.29, 1.82) is 0 Å². The molecule has 96 valence electrons. The molecule has 0 saturated carbocycles. The zero-order valence-electron chi connectivity index (χ0n) is 9.04. The maximum atomic E-state index is 12.8. The van der Waals surface area contributed by atoms with E-state index in [1.165, 1.54) is 0 Å². The first-order chi connectivity index (χ1) is 7.93. The fraction of sp³-hybridized carbons (Fsp3) is 0.500. The van der Waals surface area contributed by atoms with Gasteiger partial charge in [0.25, 0.3) is 11.8 Å². The van der Waals surface area contributed by atoms with E-state index in [0.717, 1.165) is 14.2 Å². The van der Waals surface area contributed by atoms with Gasteiger partial charge >= 0.3 is 6.11 Å². The second-order valence-electron chi connectivity index (χ2n) is 2.80. The first-order valence-electron chi connectivity index (χ1n) is 4.31. The Hall–Kier alpha value is -1.93. The summed E-state index contributed by atoms with van der Waals surface area (Å²) in [7, 11) is 2.31. The maximum Gasteiger partial charge on any atom is 0.427 e. The Labute approximate surface area is 94.5 Å². The molecule has 0 saturated heterocycles. The van der Waals surface area contributed by atoms with Crippen molar-refractivity contribution in [1.82, 2.24) is 9.97 Å². The third kappa shape index (κ3) is 3.02. The number of aromatic nitrogens is 2. The van der Waals surface area contributed by atoms with E-state index in [0.29, 0.717) is 0 Å². The first kappa shape index (κ1) is 13.1. The zero-order chi connectivity index (χ0) is 13.1. The summed E-state index contributed by atoms with van der Waals surface area (Å²) in [5, 5.41) is 0. The molecule has 0 aromatic carbocycles. The van der Waals surface area contributed by atoms with E-state index < -0.39 is 18.5 Å².